The first-order valence-electron chi connectivity index (χ1n) is 4.28. The smallest absolute Gasteiger partial charge is 0.190 e. The van der Waals surface area contributed by atoms with Crippen molar-refractivity contribution in [1.29, 1.82) is 0 Å². The van der Waals surface area contributed by atoms with Gasteiger partial charge < -0.3 is 0 Å². The van der Waals surface area contributed by atoms with E-state index in [1.54, 1.807) is 0 Å². The number of fused-ring (bicyclic) bond motifs is 1. The summed E-state index contributed by atoms with van der Waals surface area (Å²) in [6.07, 6.45) is 0. The quantitative estimate of drug-likeness (QED) is 0.604. The van der Waals surface area contributed by atoms with Crippen molar-refractivity contribution in [2.24, 2.45) is 0 Å². The molecule has 14 heavy (non-hydrogen) atoms. The molecule has 2 rings (SSSR count). The van der Waals surface area contributed by atoms with Crippen LogP contribution in [0.5, 0.6) is 0 Å². The van der Waals surface area contributed by atoms with Crippen LogP contribution in [0, 0.1) is 13.5 Å². The van der Waals surface area contributed by atoms with Crippen LogP contribution in [0.2, 0.25) is 0 Å². The fraction of sp³-hybridized carbons (Fsp3) is 0.0833. The predicted octanol–water partition coefficient (Wildman–Crippen LogP) is 4.46. The summed E-state index contributed by atoms with van der Waals surface area (Å²) in [5.74, 6) is 0. The molecule has 0 spiro atoms. The fourth-order valence-electron chi connectivity index (χ4n) is 1.49. The van der Waals surface area contributed by atoms with Crippen LogP contribution in [-0.2, 0) is 0 Å². The average molecular weight is 246 g/mol. The summed E-state index contributed by atoms with van der Waals surface area (Å²) in [5.41, 5.74) is 1.77. The first kappa shape index (κ1) is 9.23. The van der Waals surface area contributed by atoms with Crippen LogP contribution in [0.15, 0.2) is 34.8 Å². The van der Waals surface area contributed by atoms with Crippen molar-refractivity contribution in [1.82, 2.24) is 0 Å². The van der Waals surface area contributed by atoms with Crippen LogP contribution < -0.4 is 0 Å². The maximum Gasteiger partial charge on any atom is 0.190 e. The molecular formula is C12H8BrN. The molecule has 0 saturated carbocycles. The third-order valence-electron chi connectivity index (χ3n) is 2.24. The van der Waals surface area contributed by atoms with Crippen LogP contribution in [0.1, 0.15) is 5.56 Å². The minimum absolute atomic E-state index is 0.736. The summed E-state index contributed by atoms with van der Waals surface area (Å²) < 4.78 is 1.07. The number of nitrogens with zero attached hydrogens (tertiary/aromatic N) is 1. The molecule has 0 radical (unpaired) electrons. The minimum Gasteiger partial charge on any atom is -0.238 e. The molecule has 0 aliphatic heterocycles. The summed E-state index contributed by atoms with van der Waals surface area (Å²) in [7, 11) is 0. The number of hydrogen-bond acceptors (Lipinski definition) is 0. The van der Waals surface area contributed by atoms with Gasteiger partial charge in [-0.1, -0.05) is 28.1 Å². The lowest BCUT2D eigenvalue weighted by atomic mass is 10.1. The molecule has 0 N–H and O–H groups in total. The van der Waals surface area contributed by atoms with Gasteiger partial charge in [0.05, 0.1) is 6.57 Å². The summed E-state index contributed by atoms with van der Waals surface area (Å²) in [6, 6.07) is 10.1. The fourth-order valence-corrected chi connectivity index (χ4v) is 1.87. The highest BCUT2D eigenvalue weighted by Crippen LogP contribution is 2.27. The lowest BCUT2D eigenvalue weighted by molar-refractivity contribution is 1.51. The summed E-state index contributed by atoms with van der Waals surface area (Å²) >= 11 is 3.43. The monoisotopic (exact) mass is 245 g/mol. The zero-order valence-electron chi connectivity index (χ0n) is 7.71. The van der Waals surface area contributed by atoms with Crippen molar-refractivity contribution in [2.75, 3.05) is 0 Å². The molecule has 0 aliphatic rings. The van der Waals surface area contributed by atoms with Crippen LogP contribution in [0.4, 0.5) is 5.69 Å². The van der Waals surface area contributed by atoms with Crippen molar-refractivity contribution in [3.63, 3.8) is 0 Å². The zero-order valence-corrected chi connectivity index (χ0v) is 9.30. The maximum absolute atomic E-state index is 7.02. The van der Waals surface area contributed by atoms with E-state index in [1.165, 1.54) is 5.39 Å². The molecule has 2 aromatic rings. The Morgan fingerprint density at radius 3 is 2.64 bits per heavy atom. The normalized spacial score (nSPS) is 10.1. The van der Waals surface area contributed by atoms with E-state index in [2.05, 4.69) is 26.8 Å². The minimum atomic E-state index is 0.736. The number of rotatable bonds is 0. The Morgan fingerprint density at radius 1 is 1.14 bits per heavy atom. The Morgan fingerprint density at radius 2 is 1.93 bits per heavy atom. The lowest BCUT2D eigenvalue weighted by Gasteiger charge is -2.02. The summed E-state index contributed by atoms with van der Waals surface area (Å²) in [6.45, 7) is 8.98. The molecule has 0 heterocycles. The molecule has 0 bridgehead atoms. The van der Waals surface area contributed by atoms with E-state index in [1.807, 2.05) is 31.2 Å². The zero-order chi connectivity index (χ0) is 10.1. The third kappa shape index (κ3) is 1.51. The number of aryl methyl sites for hydroxylation is 1. The van der Waals surface area contributed by atoms with Gasteiger partial charge in [0, 0.05) is 4.47 Å². The van der Waals surface area contributed by atoms with Crippen molar-refractivity contribution < 1.29 is 0 Å². The van der Waals surface area contributed by atoms with E-state index >= 15 is 0 Å². The Hall–Kier alpha value is -1.33. The van der Waals surface area contributed by atoms with Crippen LogP contribution in [0.3, 0.4) is 0 Å². The topological polar surface area (TPSA) is 4.36 Å². The second kappa shape index (κ2) is 3.43. The van der Waals surface area contributed by atoms with Crippen molar-refractivity contribution in [2.45, 2.75) is 6.92 Å². The standard InChI is InChI=1S/C12H8BrN/c1-8-5-10-6-11(13)4-3-9(10)7-12(8)14-2/h3-7H,1H3. The molecule has 0 aliphatic carbocycles. The van der Waals surface area contributed by atoms with E-state index in [-0.39, 0.29) is 0 Å². The molecule has 0 unspecified atom stereocenters. The van der Waals surface area contributed by atoms with E-state index in [0.29, 0.717) is 0 Å². The highest BCUT2D eigenvalue weighted by molar-refractivity contribution is 9.10. The third-order valence-corrected chi connectivity index (χ3v) is 2.73. The van der Waals surface area contributed by atoms with Gasteiger partial charge >= 0.3 is 0 Å². The Balaban J connectivity index is 2.81. The van der Waals surface area contributed by atoms with Crippen LogP contribution in [-0.4, -0.2) is 0 Å². The molecule has 0 atom stereocenters. The second-order valence-corrected chi connectivity index (χ2v) is 4.16. The molecular weight excluding hydrogens is 238 g/mol. The van der Waals surface area contributed by atoms with Gasteiger partial charge in [-0.05, 0) is 41.5 Å². The maximum atomic E-state index is 7.02. The summed E-state index contributed by atoms with van der Waals surface area (Å²) in [5, 5.41) is 2.29. The number of benzene rings is 2. The summed E-state index contributed by atoms with van der Waals surface area (Å²) in [4.78, 5) is 3.48. The molecule has 0 amide bonds. The van der Waals surface area contributed by atoms with E-state index < -0.39 is 0 Å². The van der Waals surface area contributed by atoms with E-state index in [4.69, 9.17) is 6.57 Å². The second-order valence-electron chi connectivity index (χ2n) is 3.24. The van der Waals surface area contributed by atoms with Crippen molar-refractivity contribution >= 4 is 32.4 Å². The molecule has 2 aromatic carbocycles. The molecule has 68 valence electrons. The Kier molecular flexibility index (Phi) is 2.26. The predicted molar refractivity (Wildman–Crippen MR) is 62.6 cm³/mol. The SMILES string of the molecule is [C-]#[N+]c1cc2ccc(Br)cc2cc1C. The highest BCUT2D eigenvalue weighted by atomic mass is 79.9. The molecule has 0 aromatic heterocycles. The van der Waals surface area contributed by atoms with Gasteiger partial charge in [0.2, 0.25) is 0 Å². The molecule has 0 saturated heterocycles. The first-order valence-corrected chi connectivity index (χ1v) is 5.07. The average Bonchev–Trinajstić information content (AvgIpc) is 2.16. The van der Waals surface area contributed by atoms with Gasteiger partial charge in [-0.2, -0.15) is 0 Å². The Bertz CT molecular complexity index is 538. The molecule has 1 nitrogen and oxygen atoms in total. The lowest BCUT2D eigenvalue weighted by Crippen LogP contribution is -1.76. The number of hydrogen-bond donors (Lipinski definition) is 0. The largest absolute Gasteiger partial charge is 0.238 e. The van der Waals surface area contributed by atoms with Crippen molar-refractivity contribution in [3.8, 4) is 0 Å². The van der Waals surface area contributed by atoms with Gasteiger partial charge in [0.25, 0.3) is 0 Å². The van der Waals surface area contributed by atoms with E-state index in [0.717, 1.165) is 21.1 Å². The first-order chi connectivity index (χ1) is 6.70. The van der Waals surface area contributed by atoms with Crippen LogP contribution in [0.25, 0.3) is 15.6 Å². The van der Waals surface area contributed by atoms with E-state index in [9.17, 15) is 0 Å². The highest BCUT2D eigenvalue weighted by Gasteiger charge is 2.00. The Labute approximate surface area is 91.3 Å². The van der Waals surface area contributed by atoms with Gasteiger partial charge in [-0.3, -0.25) is 0 Å². The van der Waals surface area contributed by atoms with Crippen molar-refractivity contribution in [3.05, 3.63) is 51.8 Å². The molecule has 0 fully saturated rings. The van der Waals surface area contributed by atoms with Crippen LogP contribution >= 0.6 is 15.9 Å². The van der Waals surface area contributed by atoms with Gasteiger partial charge in [0.1, 0.15) is 0 Å². The van der Waals surface area contributed by atoms with Gasteiger partial charge in [0.15, 0.2) is 5.69 Å². The molecule has 2 heteroatoms. The number of halogens is 1. The van der Waals surface area contributed by atoms with Gasteiger partial charge in [-0.15, -0.1) is 0 Å². The van der Waals surface area contributed by atoms with Gasteiger partial charge in [-0.25, -0.2) is 4.85 Å².